The normalized spacial score (nSPS) is 12.9. The Balaban J connectivity index is 2.18. The van der Waals surface area contributed by atoms with Crippen LogP contribution < -0.4 is 5.06 Å². The van der Waals surface area contributed by atoms with Crippen molar-refractivity contribution >= 4 is 18.7 Å². The predicted molar refractivity (Wildman–Crippen MR) is 94.8 cm³/mol. The zero-order chi connectivity index (χ0) is 17.7. The maximum atomic E-state index is 12.7. The summed E-state index contributed by atoms with van der Waals surface area (Å²) in [4.78, 5) is 18.1. The van der Waals surface area contributed by atoms with E-state index >= 15 is 0 Å². The first-order valence-electron chi connectivity index (χ1n) is 7.52. The number of pyridine rings is 1. The quantitative estimate of drug-likeness (QED) is 0.494. The molecule has 2 aromatic rings. The topological polar surface area (TPSA) is 73.7 Å². The number of anilines is 1. The molecule has 7 heteroatoms. The van der Waals surface area contributed by atoms with Gasteiger partial charge in [0.15, 0.2) is 0 Å². The fourth-order valence-corrected chi connectivity index (χ4v) is 4.60. The van der Waals surface area contributed by atoms with Gasteiger partial charge >= 0.3 is 0 Å². The molecule has 0 saturated carbocycles. The number of amides is 1. The summed E-state index contributed by atoms with van der Waals surface area (Å²) in [5, 5.41) is 10.7. The second-order valence-corrected chi connectivity index (χ2v) is 9.41. The Labute approximate surface area is 142 Å². The minimum absolute atomic E-state index is 0.0728. The first-order valence-corrected chi connectivity index (χ1v) is 10.2. The molecule has 0 saturated heterocycles. The minimum Gasteiger partial charge on any atom is -0.322 e. The number of carbonyl (C=O) groups is 1. The van der Waals surface area contributed by atoms with Gasteiger partial charge in [-0.3, -0.25) is 19.9 Å². The number of carbonyl (C=O) groups excluding carboxylic acids is 1. The summed E-state index contributed by atoms with van der Waals surface area (Å²) < 4.78 is 12.7. The minimum atomic E-state index is -2.58. The monoisotopic (exact) mass is 347 g/mol. The van der Waals surface area contributed by atoms with Crippen LogP contribution in [0.3, 0.4) is 0 Å². The molecule has 128 valence electrons. The highest BCUT2D eigenvalue weighted by Gasteiger charge is 2.31. The lowest BCUT2D eigenvalue weighted by atomic mass is 10.2. The Bertz CT molecular complexity index is 718. The maximum absolute atomic E-state index is 12.7. The standard InChI is InChI=1S/C17H22N3O3P/c1-19(13-16(21)20(22)15-9-5-4-6-10-15)17(24(2,3)23)14-8-7-11-18-12-14/h4-12,17,22H,13H2,1-3H3. The number of nitrogens with zero attached hydrogens (tertiary/aromatic N) is 3. The number of benzene rings is 1. The van der Waals surface area contributed by atoms with Crippen molar-refractivity contribution in [3.05, 3.63) is 60.4 Å². The number of para-hydroxylation sites is 1. The molecule has 0 spiro atoms. The van der Waals surface area contributed by atoms with Gasteiger partial charge in [-0.05, 0) is 44.1 Å². The molecule has 0 aliphatic carbocycles. The molecule has 1 heterocycles. The van der Waals surface area contributed by atoms with Crippen molar-refractivity contribution in [1.29, 1.82) is 0 Å². The molecule has 24 heavy (non-hydrogen) atoms. The fourth-order valence-electron chi connectivity index (χ4n) is 2.70. The summed E-state index contributed by atoms with van der Waals surface area (Å²) in [6.45, 7) is 3.29. The SMILES string of the molecule is CN(CC(=O)N(O)c1ccccc1)C(c1cccnc1)P(C)(C)=O. The van der Waals surface area contributed by atoms with Crippen LogP contribution >= 0.6 is 7.14 Å². The van der Waals surface area contributed by atoms with Crippen molar-refractivity contribution in [2.75, 3.05) is 32.0 Å². The zero-order valence-electron chi connectivity index (χ0n) is 14.0. The van der Waals surface area contributed by atoms with E-state index in [0.29, 0.717) is 10.8 Å². The van der Waals surface area contributed by atoms with Gasteiger partial charge in [-0.1, -0.05) is 24.3 Å². The lowest BCUT2D eigenvalue weighted by Crippen LogP contribution is -2.38. The maximum Gasteiger partial charge on any atom is 0.264 e. The van der Waals surface area contributed by atoms with Crippen molar-refractivity contribution in [2.45, 2.75) is 5.78 Å². The average molecular weight is 347 g/mol. The van der Waals surface area contributed by atoms with Gasteiger partial charge in [0.05, 0.1) is 18.0 Å². The smallest absolute Gasteiger partial charge is 0.264 e. The molecular weight excluding hydrogens is 325 g/mol. The van der Waals surface area contributed by atoms with Gasteiger partial charge in [0.2, 0.25) is 0 Å². The van der Waals surface area contributed by atoms with Gasteiger partial charge < -0.3 is 4.57 Å². The Morgan fingerprint density at radius 1 is 1.21 bits per heavy atom. The van der Waals surface area contributed by atoms with Gasteiger partial charge in [-0.2, -0.15) is 5.06 Å². The highest BCUT2D eigenvalue weighted by Crippen LogP contribution is 2.53. The number of hydroxylamine groups is 1. The number of rotatable bonds is 6. The van der Waals surface area contributed by atoms with E-state index in [2.05, 4.69) is 4.98 Å². The summed E-state index contributed by atoms with van der Waals surface area (Å²) >= 11 is 0. The van der Waals surface area contributed by atoms with Crippen LogP contribution in [0.15, 0.2) is 54.9 Å². The highest BCUT2D eigenvalue weighted by molar-refractivity contribution is 7.62. The molecule has 6 nitrogen and oxygen atoms in total. The van der Waals surface area contributed by atoms with Crippen LogP contribution in [0.2, 0.25) is 0 Å². The second-order valence-electron chi connectivity index (χ2n) is 6.05. The molecule has 0 fully saturated rings. The summed E-state index contributed by atoms with van der Waals surface area (Å²) in [6.07, 6.45) is 3.30. The van der Waals surface area contributed by atoms with Crippen LogP contribution in [0.1, 0.15) is 11.3 Å². The Morgan fingerprint density at radius 2 is 1.88 bits per heavy atom. The van der Waals surface area contributed by atoms with Crippen molar-refractivity contribution in [3.8, 4) is 0 Å². The Morgan fingerprint density at radius 3 is 2.42 bits per heavy atom. The third-order valence-corrected chi connectivity index (χ3v) is 5.48. The van der Waals surface area contributed by atoms with E-state index in [-0.39, 0.29) is 6.54 Å². The Hall–Kier alpha value is -2.01. The summed E-state index contributed by atoms with van der Waals surface area (Å²) in [5.41, 5.74) is 1.18. The van der Waals surface area contributed by atoms with Crippen molar-refractivity contribution in [3.63, 3.8) is 0 Å². The summed E-state index contributed by atoms with van der Waals surface area (Å²) in [6, 6.07) is 12.2. The molecular formula is C17H22N3O3P. The van der Waals surface area contributed by atoms with Crippen LogP contribution in [0.4, 0.5) is 5.69 Å². The van der Waals surface area contributed by atoms with E-state index < -0.39 is 18.8 Å². The Kier molecular flexibility index (Phi) is 5.89. The lowest BCUT2D eigenvalue weighted by Gasteiger charge is -2.31. The average Bonchev–Trinajstić information content (AvgIpc) is 2.54. The van der Waals surface area contributed by atoms with Crippen molar-refractivity contribution < 1.29 is 14.6 Å². The molecule has 0 aliphatic rings. The van der Waals surface area contributed by atoms with Gasteiger partial charge in [0, 0.05) is 12.4 Å². The molecule has 1 unspecified atom stereocenters. The van der Waals surface area contributed by atoms with Crippen LogP contribution in [0.5, 0.6) is 0 Å². The molecule has 1 atom stereocenters. The van der Waals surface area contributed by atoms with Gasteiger partial charge in [0.1, 0.15) is 7.14 Å². The molecule has 1 amide bonds. The fraction of sp³-hybridized carbons (Fsp3) is 0.294. The van der Waals surface area contributed by atoms with E-state index in [1.807, 2.05) is 6.07 Å². The van der Waals surface area contributed by atoms with Crippen LogP contribution in [0.25, 0.3) is 0 Å². The summed E-state index contributed by atoms with van der Waals surface area (Å²) in [5.74, 6) is -0.939. The van der Waals surface area contributed by atoms with E-state index in [0.717, 1.165) is 5.56 Å². The first-order chi connectivity index (χ1) is 11.3. The molecule has 2 rings (SSSR count). The third-order valence-electron chi connectivity index (χ3n) is 3.61. The number of likely N-dealkylation sites (N-methyl/N-ethyl adjacent to an activating group) is 1. The van der Waals surface area contributed by atoms with E-state index in [1.54, 1.807) is 74.1 Å². The number of hydrogen-bond donors (Lipinski definition) is 1. The van der Waals surface area contributed by atoms with Crippen molar-refractivity contribution in [1.82, 2.24) is 9.88 Å². The molecule has 1 aromatic carbocycles. The van der Waals surface area contributed by atoms with E-state index in [9.17, 15) is 14.6 Å². The van der Waals surface area contributed by atoms with Crippen LogP contribution in [-0.4, -0.2) is 47.9 Å². The number of aromatic nitrogens is 1. The van der Waals surface area contributed by atoms with Gasteiger partial charge in [-0.25, -0.2) is 0 Å². The lowest BCUT2D eigenvalue weighted by molar-refractivity contribution is -0.124. The molecule has 1 aromatic heterocycles. The van der Waals surface area contributed by atoms with Crippen molar-refractivity contribution in [2.24, 2.45) is 0 Å². The van der Waals surface area contributed by atoms with Crippen LogP contribution in [-0.2, 0) is 9.36 Å². The molecule has 0 aliphatic heterocycles. The molecule has 0 bridgehead atoms. The van der Waals surface area contributed by atoms with Gasteiger partial charge in [-0.15, -0.1) is 0 Å². The summed E-state index contributed by atoms with van der Waals surface area (Å²) in [7, 11) is -0.862. The highest BCUT2D eigenvalue weighted by atomic mass is 31.2. The third kappa shape index (κ3) is 4.51. The molecule has 0 radical (unpaired) electrons. The predicted octanol–water partition coefficient (Wildman–Crippen LogP) is 3.06. The largest absolute Gasteiger partial charge is 0.322 e. The van der Waals surface area contributed by atoms with Crippen LogP contribution in [0, 0.1) is 0 Å². The van der Waals surface area contributed by atoms with E-state index in [1.165, 1.54) is 0 Å². The first kappa shape index (κ1) is 18.3. The van der Waals surface area contributed by atoms with E-state index in [4.69, 9.17) is 0 Å². The zero-order valence-corrected chi connectivity index (χ0v) is 14.9. The van der Waals surface area contributed by atoms with Gasteiger partial charge in [0.25, 0.3) is 5.91 Å². The second kappa shape index (κ2) is 7.71. The molecule has 1 N–H and O–H groups in total. The number of hydrogen-bond acceptors (Lipinski definition) is 5.